The van der Waals surface area contributed by atoms with Gasteiger partial charge in [0.05, 0.1) is 36.4 Å². The van der Waals surface area contributed by atoms with Gasteiger partial charge in [0.15, 0.2) is 11.6 Å². The smallest absolute Gasteiger partial charge is 0.416 e. The van der Waals surface area contributed by atoms with Crippen molar-refractivity contribution in [3.63, 3.8) is 0 Å². The predicted octanol–water partition coefficient (Wildman–Crippen LogP) is 5.13. The van der Waals surface area contributed by atoms with Crippen LogP contribution in [-0.2, 0) is 10.9 Å². The highest BCUT2D eigenvalue weighted by Gasteiger charge is 2.31. The van der Waals surface area contributed by atoms with Gasteiger partial charge in [0.1, 0.15) is 11.4 Å². The molecule has 4 N–H and O–H groups in total. The molecule has 1 atom stereocenters. The van der Waals surface area contributed by atoms with Gasteiger partial charge in [-0.1, -0.05) is 12.1 Å². The first-order valence-electron chi connectivity index (χ1n) is 12.8. The third-order valence-electron chi connectivity index (χ3n) is 6.28. The number of phenols is 1. The summed E-state index contributed by atoms with van der Waals surface area (Å²) in [6.07, 6.45) is -2.42. The minimum atomic E-state index is -4.61. The van der Waals surface area contributed by atoms with Gasteiger partial charge >= 0.3 is 6.18 Å². The van der Waals surface area contributed by atoms with E-state index < -0.39 is 23.5 Å². The summed E-state index contributed by atoms with van der Waals surface area (Å²) in [5, 5.41) is 12.6. The average molecular weight is 584 g/mol. The fourth-order valence-electron chi connectivity index (χ4n) is 4.31. The molecule has 1 amide bonds. The highest BCUT2D eigenvalue weighted by molar-refractivity contribution is 5.93. The second-order valence-electron chi connectivity index (χ2n) is 9.48. The van der Waals surface area contributed by atoms with Gasteiger partial charge in [-0.25, -0.2) is 14.4 Å². The highest BCUT2D eigenvalue weighted by Crippen LogP contribution is 2.36. The molecule has 14 heteroatoms. The predicted molar refractivity (Wildman–Crippen MR) is 147 cm³/mol. The number of phenolic OH excluding ortho intramolecular Hbond substituents is 1. The number of ether oxygens (including phenoxy) is 1. The van der Waals surface area contributed by atoms with E-state index in [1.54, 1.807) is 11.0 Å². The summed E-state index contributed by atoms with van der Waals surface area (Å²) in [7, 11) is 0. The molecule has 1 aliphatic heterocycles. The zero-order valence-electron chi connectivity index (χ0n) is 22.1. The van der Waals surface area contributed by atoms with E-state index in [4.69, 9.17) is 4.74 Å². The molecule has 0 radical (unpaired) electrons. The van der Waals surface area contributed by atoms with Crippen molar-refractivity contribution in [2.24, 2.45) is 0 Å². The van der Waals surface area contributed by atoms with Gasteiger partial charge in [-0.15, -0.1) is 0 Å². The monoisotopic (exact) mass is 583 g/mol. The molecule has 1 aliphatic rings. The number of rotatable bonds is 7. The van der Waals surface area contributed by atoms with Gasteiger partial charge in [0, 0.05) is 18.8 Å². The maximum Gasteiger partial charge on any atom is 0.416 e. The number of carbonyl (C=O) groups excluding carboxylic acids is 1. The van der Waals surface area contributed by atoms with Crippen LogP contribution in [0.25, 0.3) is 11.1 Å². The maximum atomic E-state index is 14.3. The lowest BCUT2D eigenvalue weighted by Crippen LogP contribution is -2.42. The Labute approximate surface area is 237 Å². The van der Waals surface area contributed by atoms with E-state index in [-0.39, 0.29) is 40.6 Å². The second kappa shape index (κ2) is 11.9. The number of nitrogens with zero attached hydrogens (tertiary/aromatic N) is 4. The number of anilines is 4. The molecular formula is C28H25F4N7O3. The van der Waals surface area contributed by atoms with Crippen LogP contribution in [-0.4, -0.2) is 51.8 Å². The van der Waals surface area contributed by atoms with Crippen molar-refractivity contribution in [2.45, 2.75) is 19.2 Å². The van der Waals surface area contributed by atoms with Crippen LogP contribution in [0.4, 0.5) is 40.7 Å². The Hall–Kier alpha value is -4.98. The van der Waals surface area contributed by atoms with Crippen LogP contribution < -0.4 is 21.1 Å². The largest absolute Gasteiger partial charge is 0.508 e. The quantitative estimate of drug-likeness (QED) is 0.173. The molecule has 0 spiro atoms. The molecule has 0 bridgehead atoms. The molecule has 1 fully saturated rings. The van der Waals surface area contributed by atoms with E-state index in [1.807, 2.05) is 6.92 Å². The van der Waals surface area contributed by atoms with E-state index in [9.17, 15) is 27.5 Å². The summed E-state index contributed by atoms with van der Waals surface area (Å²) in [6.45, 7) is 3.19. The van der Waals surface area contributed by atoms with Crippen LogP contribution in [0.1, 0.15) is 23.0 Å². The van der Waals surface area contributed by atoms with Crippen LogP contribution in [0.5, 0.6) is 5.75 Å². The van der Waals surface area contributed by atoms with E-state index >= 15 is 0 Å². The molecule has 5 rings (SSSR count). The fourth-order valence-corrected chi connectivity index (χ4v) is 4.31. The molecule has 0 unspecified atom stereocenters. The summed E-state index contributed by atoms with van der Waals surface area (Å²) < 4.78 is 60.6. The molecule has 0 aliphatic carbocycles. The van der Waals surface area contributed by atoms with Gasteiger partial charge in [-0.2, -0.15) is 18.2 Å². The summed E-state index contributed by atoms with van der Waals surface area (Å²) in [5.41, 5.74) is 5.13. The van der Waals surface area contributed by atoms with Crippen molar-refractivity contribution in [3.05, 3.63) is 84.1 Å². The number of aromatic nitrogens is 3. The zero-order valence-corrected chi connectivity index (χ0v) is 22.1. The third kappa shape index (κ3) is 6.83. The topological polar surface area (TPSA) is 125 Å². The van der Waals surface area contributed by atoms with Crippen molar-refractivity contribution < 1.29 is 32.2 Å². The number of pyridine rings is 1. The van der Waals surface area contributed by atoms with Gasteiger partial charge in [0.25, 0.3) is 5.91 Å². The first kappa shape index (κ1) is 28.5. The molecule has 0 saturated carbocycles. The Morgan fingerprint density at radius 1 is 1.05 bits per heavy atom. The molecule has 1 saturated heterocycles. The first-order chi connectivity index (χ1) is 20.0. The lowest BCUT2D eigenvalue weighted by molar-refractivity contribution is -0.137. The molecular weight excluding hydrogens is 558 g/mol. The standard InChI is InChI=1S/C28H25F4N7O3/c1-16-15-39(7-8-42-16)25-23(29)14-34-27(36-25)38-37-26(41)24-6-5-20(13-33-24)35-21-10-18(9-19(12-21)28(30,31)32)17-3-2-4-22(40)11-17/h2-6,9-14,16,35,40H,7-8,15H2,1H3,(H,37,41)(H,34,36,38)/t16-/m0/s1. The van der Waals surface area contributed by atoms with Crippen molar-refractivity contribution in [1.82, 2.24) is 20.4 Å². The third-order valence-corrected chi connectivity index (χ3v) is 6.28. The minimum Gasteiger partial charge on any atom is -0.508 e. The molecule has 218 valence electrons. The van der Waals surface area contributed by atoms with Crippen LogP contribution in [0.3, 0.4) is 0 Å². The van der Waals surface area contributed by atoms with Crippen molar-refractivity contribution in [2.75, 3.05) is 35.3 Å². The minimum absolute atomic E-state index is 0.0121. The van der Waals surface area contributed by atoms with Crippen LogP contribution >= 0.6 is 0 Å². The molecule has 42 heavy (non-hydrogen) atoms. The van der Waals surface area contributed by atoms with Gasteiger partial charge in [0.2, 0.25) is 5.95 Å². The Bertz CT molecular complexity index is 1590. The van der Waals surface area contributed by atoms with Gasteiger partial charge < -0.3 is 20.1 Å². The SMILES string of the molecule is C[C@H]1CN(c2nc(NNC(=O)c3ccc(Nc4cc(-c5cccc(O)c5)cc(C(F)(F)F)c4)cn3)ncc2F)CCO1. The molecule has 3 heterocycles. The fraction of sp³-hybridized carbons (Fsp3) is 0.214. The van der Waals surface area contributed by atoms with Crippen molar-refractivity contribution in [1.29, 1.82) is 0 Å². The summed E-state index contributed by atoms with van der Waals surface area (Å²) in [5.74, 6) is -1.30. The van der Waals surface area contributed by atoms with Crippen LogP contribution in [0, 0.1) is 5.82 Å². The summed E-state index contributed by atoms with van der Waals surface area (Å²) >= 11 is 0. The van der Waals surface area contributed by atoms with E-state index in [1.165, 1.54) is 42.6 Å². The number of hydrogen-bond acceptors (Lipinski definition) is 9. The number of nitrogens with one attached hydrogen (secondary N) is 3. The van der Waals surface area contributed by atoms with Crippen LogP contribution in [0.15, 0.2) is 67.0 Å². The number of aromatic hydroxyl groups is 1. The Balaban J connectivity index is 1.26. The Kier molecular flexibility index (Phi) is 8.06. The Morgan fingerprint density at radius 3 is 2.60 bits per heavy atom. The lowest BCUT2D eigenvalue weighted by atomic mass is 10.0. The number of hydrogen-bond donors (Lipinski definition) is 4. The highest BCUT2D eigenvalue weighted by atomic mass is 19.4. The van der Waals surface area contributed by atoms with Crippen LogP contribution in [0.2, 0.25) is 0 Å². The number of morpholine rings is 1. The number of amides is 1. The Morgan fingerprint density at radius 2 is 1.88 bits per heavy atom. The summed E-state index contributed by atoms with van der Waals surface area (Å²) in [4.78, 5) is 26.4. The van der Waals surface area contributed by atoms with E-state index in [0.29, 0.717) is 30.9 Å². The number of alkyl halides is 3. The van der Waals surface area contributed by atoms with E-state index in [0.717, 1.165) is 18.3 Å². The zero-order chi connectivity index (χ0) is 29.9. The van der Waals surface area contributed by atoms with Gasteiger partial charge in [-0.3, -0.25) is 15.6 Å². The molecule has 10 nitrogen and oxygen atoms in total. The number of hydrazine groups is 1. The average Bonchev–Trinajstić information content (AvgIpc) is 2.96. The molecule has 2 aromatic carbocycles. The number of carbonyl (C=O) groups is 1. The van der Waals surface area contributed by atoms with Crippen molar-refractivity contribution in [3.8, 4) is 16.9 Å². The summed E-state index contributed by atoms with van der Waals surface area (Å²) in [6, 6.07) is 12.2. The molecule has 4 aromatic rings. The van der Waals surface area contributed by atoms with Gasteiger partial charge in [-0.05, 0) is 60.5 Å². The van der Waals surface area contributed by atoms with E-state index in [2.05, 4.69) is 31.1 Å². The maximum absolute atomic E-state index is 14.3. The lowest BCUT2D eigenvalue weighted by Gasteiger charge is -2.32. The number of benzene rings is 2. The first-order valence-corrected chi connectivity index (χ1v) is 12.8. The number of halogens is 4. The van der Waals surface area contributed by atoms with Crippen molar-refractivity contribution >= 4 is 29.0 Å². The molecule has 2 aromatic heterocycles. The normalized spacial score (nSPS) is 15.3. The second-order valence-corrected chi connectivity index (χ2v) is 9.48.